The van der Waals surface area contributed by atoms with E-state index in [4.69, 9.17) is 0 Å². The highest BCUT2D eigenvalue weighted by Gasteiger charge is 2.27. The molecule has 150 valence electrons. The number of carbonyl (C=O) groups excluding carboxylic acids is 2. The van der Waals surface area contributed by atoms with Crippen LogP contribution in [0.4, 0.5) is 4.39 Å². The van der Waals surface area contributed by atoms with Gasteiger partial charge in [-0.2, -0.15) is 0 Å². The van der Waals surface area contributed by atoms with Crippen LogP contribution in [0.3, 0.4) is 0 Å². The summed E-state index contributed by atoms with van der Waals surface area (Å²) in [5.74, 6) is -1.03. The van der Waals surface area contributed by atoms with E-state index < -0.39 is 17.8 Å². The molecule has 6 heteroatoms. The number of carbonyl (C=O) groups is 2. The average molecular weight is 378 g/mol. The molecule has 2 atom stereocenters. The summed E-state index contributed by atoms with van der Waals surface area (Å²) in [6.45, 7) is 4.07. The van der Waals surface area contributed by atoms with Crippen LogP contribution >= 0.6 is 0 Å². The third-order valence-electron chi connectivity index (χ3n) is 5.32. The molecule has 1 aromatic rings. The van der Waals surface area contributed by atoms with Crippen LogP contribution in [0.25, 0.3) is 0 Å². The van der Waals surface area contributed by atoms with Crippen molar-refractivity contribution in [3.8, 4) is 0 Å². The van der Waals surface area contributed by atoms with Gasteiger partial charge in [-0.1, -0.05) is 51.7 Å². The van der Waals surface area contributed by atoms with E-state index in [1.165, 1.54) is 43.9 Å². The van der Waals surface area contributed by atoms with Gasteiger partial charge in [-0.3, -0.25) is 9.59 Å². The van der Waals surface area contributed by atoms with Gasteiger partial charge < -0.3 is 15.7 Å². The lowest BCUT2D eigenvalue weighted by Gasteiger charge is -2.24. The largest absolute Gasteiger partial charge is 0.396 e. The molecule has 1 aliphatic rings. The van der Waals surface area contributed by atoms with Gasteiger partial charge in [0.15, 0.2) is 0 Å². The molecule has 0 radical (unpaired) electrons. The van der Waals surface area contributed by atoms with Crippen LogP contribution in [-0.4, -0.2) is 36.1 Å². The molecule has 0 unspecified atom stereocenters. The topological polar surface area (TPSA) is 78.4 Å². The lowest BCUT2D eigenvalue weighted by atomic mass is 9.93. The minimum Gasteiger partial charge on any atom is -0.396 e. The number of hydrogen-bond donors (Lipinski definition) is 3. The van der Waals surface area contributed by atoms with E-state index in [9.17, 15) is 19.1 Å². The van der Waals surface area contributed by atoms with E-state index in [1.54, 1.807) is 6.07 Å². The molecule has 2 rings (SSSR count). The smallest absolute Gasteiger partial charge is 0.254 e. The Balaban J connectivity index is 1.91. The van der Waals surface area contributed by atoms with Crippen LogP contribution in [0.5, 0.6) is 0 Å². The van der Waals surface area contributed by atoms with Crippen molar-refractivity contribution in [1.29, 1.82) is 0 Å². The van der Waals surface area contributed by atoms with Gasteiger partial charge in [0, 0.05) is 13.2 Å². The number of halogens is 1. The lowest BCUT2D eigenvalue weighted by molar-refractivity contribution is -0.124. The zero-order valence-electron chi connectivity index (χ0n) is 16.2. The fourth-order valence-electron chi connectivity index (χ4n) is 3.69. The van der Waals surface area contributed by atoms with Crippen LogP contribution in [0.15, 0.2) is 24.3 Å². The lowest BCUT2D eigenvalue weighted by Crippen LogP contribution is -2.50. The first-order valence-electron chi connectivity index (χ1n) is 9.86. The first-order chi connectivity index (χ1) is 12.9. The molecule has 0 heterocycles. The van der Waals surface area contributed by atoms with Crippen molar-refractivity contribution in [2.45, 2.75) is 52.0 Å². The molecule has 0 saturated heterocycles. The molecule has 27 heavy (non-hydrogen) atoms. The minimum atomic E-state index is -0.761. The summed E-state index contributed by atoms with van der Waals surface area (Å²) in [4.78, 5) is 24.9. The van der Waals surface area contributed by atoms with Crippen molar-refractivity contribution in [2.75, 3.05) is 13.2 Å². The summed E-state index contributed by atoms with van der Waals surface area (Å²) in [7, 11) is 0. The fraction of sp³-hybridized carbons (Fsp3) is 0.619. The van der Waals surface area contributed by atoms with Gasteiger partial charge in [0.2, 0.25) is 5.91 Å². The Morgan fingerprint density at radius 2 is 1.89 bits per heavy atom. The number of nitrogens with one attached hydrogen (secondary N) is 2. The van der Waals surface area contributed by atoms with Crippen molar-refractivity contribution < 1.29 is 19.1 Å². The Morgan fingerprint density at radius 1 is 1.22 bits per heavy atom. The minimum absolute atomic E-state index is 0.0205. The number of hydrogen-bond acceptors (Lipinski definition) is 3. The highest BCUT2D eigenvalue weighted by molar-refractivity contribution is 5.97. The Hall–Kier alpha value is -1.95. The number of benzene rings is 1. The van der Waals surface area contributed by atoms with E-state index in [1.807, 2.05) is 13.8 Å². The van der Waals surface area contributed by atoms with Gasteiger partial charge >= 0.3 is 0 Å². The van der Waals surface area contributed by atoms with E-state index >= 15 is 0 Å². The molecule has 1 aromatic carbocycles. The third kappa shape index (κ3) is 6.31. The summed E-state index contributed by atoms with van der Waals surface area (Å²) in [5.41, 5.74) is -0.0783. The van der Waals surface area contributed by atoms with Crippen molar-refractivity contribution in [3.63, 3.8) is 0 Å². The number of amides is 2. The maximum absolute atomic E-state index is 13.8. The second-order valence-electron chi connectivity index (χ2n) is 7.85. The van der Waals surface area contributed by atoms with Gasteiger partial charge in [0.05, 0.1) is 5.56 Å². The van der Waals surface area contributed by atoms with Crippen LogP contribution in [0, 0.1) is 23.6 Å². The van der Waals surface area contributed by atoms with Crippen LogP contribution in [0.1, 0.15) is 56.3 Å². The maximum Gasteiger partial charge on any atom is 0.254 e. The highest BCUT2D eigenvalue weighted by atomic mass is 19.1. The van der Waals surface area contributed by atoms with Gasteiger partial charge in [0.1, 0.15) is 11.9 Å². The van der Waals surface area contributed by atoms with E-state index in [2.05, 4.69) is 10.6 Å². The van der Waals surface area contributed by atoms with Crippen molar-refractivity contribution in [3.05, 3.63) is 35.6 Å². The second-order valence-corrected chi connectivity index (χ2v) is 7.85. The Kier molecular flexibility index (Phi) is 8.23. The summed E-state index contributed by atoms with van der Waals surface area (Å²) in [5, 5.41) is 15.1. The standard InChI is InChI=1S/C21H31FN2O3/c1-14(2)19(24-20(26)17-9-5-6-10-18(17)22)21(27)23-12-16(13-25)11-15-7-3-4-8-15/h5-6,9-10,14-16,19,25H,3-4,7-8,11-13H2,1-2H3,(H,23,27)(H,24,26)/t16-,19+/m1/s1. The summed E-state index contributed by atoms with van der Waals surface area (Å²) < 4.78 is 13.8. The second kappa shape index (κ2) is 10.4. The fourth-order valence-corrected chi connectivity index (χ4v) is 3.69. The zero-order chi connectivity index (χ0) is 19.8. The molecule has 5 nitrogen and oxygen atoms in total. The molecule has 0 aromatic heterocycles. The third-order valence-corrected chi connectivity index (χ3v) is 5.32. The quantitative estimate of drug-likeness (QED) is 0.618. The highest BCUT2D eigenvalue weighted by Crippen LogP contribution is 2.30. The maximum atomic E-state index is 13.8. The predicted octanol–water partition coefficient (Wildman–Crippen LogP) is 2.89. The Labute approximate surface area is 160 Å². The normalized spacial score (nSPS) is 16.9. The van der Waals surface area contributed by atoms with E-state index in [-0.39, 0.29) is 29.9 Å². The van der Waals surface area contributed by atoms with Crippen molar-refractivity contribution in [2.24, 2.45) is 17.8 Å². The van der Waals surface area contributed by atoms with Crippen LogP contribution in [0.2, 0.25) is 0 Å². The molecule has 0 aliphatic heterocycles. The molecule has 3 N–H and O–H groups in total. The predicted molar refractivity (Wildman–Crippen MR) is 103 cm³/mol. The molecular weight excluding hydrogens is 347 g/mol. The average Bonchev–Trinajstić information content (AvgIpc) is 3.15. The monoisotopic (exact) mass is 378 g/mol. The number of aliphatic hydroxyl groups is 1. The van der Waals surface area contributed by atoms with Gasteiger partial charge in [-0.25, -0.2) is 4.39 Å². The molecular formula is C21H31FN2O3. The van der Waals surface area contributed by atoms with E-state index in [0.717, 1.165) is 6.42 Å². The van der Waals surface area contributed by atoms with Crippen LogP contribution < -0.4 is 10.6 Å². The summed E-state index contributed by atoms with van der Waals surface area (Å²) >= 11 is 0. The first-order valence-corrected chi connectivity index (χ1v) is 9.86. The molecule has 1 fully saturated rings. The van der Waals surface area contributed by atoms with E-state index in [0.29, 0.717) is 12.5 Å². The Bertz CT molecular complexity index is 630. The van der Waals surface area contributed by atoms with Gasteiger partial charge in [0.25, 0.3) is 5.91 Å². The summed E-state index contributed by atoms with van der Waals surface area (Å²) in [6.07, 6.45) is 5.78. The van der Waals surface area contributed by atoms with Crippen molar-refractivity contribution >= 4 is 11.8 Å². The molecule has 2 amide bonds. The SMILES string of the molecule is CC(C)[C@H](NC(=O)c1ccccc1F)C(=O)NC[C@H](CO)CC1CCCC1. The van der Waals surface area contributed by atoms with Gasteiger partial charge in [-0.15, -0.1) is 0 Å². The zero-order valence-corrected chi connectivity index (χ0v) is 16.2. The van der Waals surface area contributed by atoms with Gasteiger partial charge in [-0.05, 0) is 36.3 Å². The molecule has 1 saturated carbocycles. The van der Waals surface area contributed by atoms with Crippen molar-refractivity contribution in [1.82, 2.24) is 10.6 Å². The summed E-state index contributed by atoms with van der Waals surface area (Å²) in [6, 6.07) is 4.94. The molecule has 0 spiro atoms. The number of aliphatic hydroxyl groups excluding tert-OH is 1. The van der Waals surface area contributed by atoms with Crippen LogP contribution in [-0.2, 0) is 4.79 Å². The molecule has 0 bridgehead atoms. The first kappa shape index (κ1) is 21.4. The Morgan fingerprint density at radius 3 is 2.48 bits per heavy atom. The molecule has 1 aliphatic carbocycles. The number of rotatable bonds is 9.